The molecule has 1 aromatic rings. The quantitative estimate of drug-likeness (QED) is 0.877. The molecular formula is C17H26N2. The average Bonchev–Trinajstić information content (AvgIpc) is 2.38. The molecule has 1 heterocycles. The summed E-state index contributed by atoms with van der Waals surface area (Å²) < 4.78 is 0. The summed E-state index contributed by atoms with van der Waals surface area (Å²) in [6, 6.07) is 10.3. The normalized spacial score (nSPS) is 32.0. The molecule has 0 radical (unpaired) electrons. The van der Waals surface area contributed by atoms with Crippen molar-refractivity contribution in [3.63, 3.8) is 0 Å². The van der Waals surface area contributed by atoms with Gasteiger partial charge in [-0.25, -0.2) is 0 Å². The van der Waals surface area contributed by atoms with E-state index in [1.54, 1.807) is 11.1 Å². The molecule has 2 aliphatic rings. The minimum Gasteiger partial charge on any atom is -0.309 e. The third-order valence-corrected chi connectivity index (χ3v) is 4.61. The topological polar surface area (TPSA) is 15.3 Å². The first-order valence-electron chi connectivity index (χ1n) is 7.78. The summed E-state index contributed by atoms with van der Waals surface area (Å²) in [4.78, 5) is 2.67. The Kier molecular flexibility index (Phi) is 3.90. The van der Waals surface area contributed by atoms with Crippen molar-refractivity contribution >= 4 is 0 Å². The second-order valence-electron chi connectivity index (χ2n) is 6.48. The molecular weight excluding hydrogens is 232 g/mol. The molecule has 0 spiro atoms. The number of aryl methyl sites for hydroxylation is 1. The number of hydrogen-bond donors (Lipinski definition) is 1. The molecule has 19 heavy (non-hydrogen) atoms. The van der Waals surface area contributed by atoms with E-state index in [9.17, 15) is 0 Å². The molecule has 1 aliphatic carbocycles. The Hall–Kier alpha value is -0.860. The lowest BCUT2D eigenvalue weighted by Crippen LogP contribution is -2.54. The standard InChI is InChI=1S/C17H26N2/c1-13-10-19(11-14(2)18-13)12-16-8-5-7-15-6-3-4-9-17(15)16/h3-4,6,9,13-14,16,18H,5,7-8,10-12H2,1-2H3. The van der Waals surface area contributed by atoms with Gasteiger partial charge in [0.1, 0.15) is 0 Å². The van der Waals surface area contributed by atoms with Gasteiger partial charge in [0.05, 0.1) is 0 Å². The van der Waals surface area contributed by atoms with Gasteiger partial charge in [-0.2, -0.15) is 0 Å². The highest BCUT2D eigenvalue weighted by atomic mass is 15.2. The van der Waals surface area contributed by atoms with Gasteiger partial charge in [-0.15, -0.1) is 0 Å². The molecule has 2 nitrogen and oxygen atoms in total. The number of fused-ring (bicyclic) bond motifs is 1. The summed E-state index contributed by atoms with van der Waals surface area (Å²) in [5, 5.41) is 3.62. The van der Waals surface area contributed by atoms with Crippen LogP contribution in [0.15, 0.2) is 24.3 Å². The first-order chi connectivity index (χ1) is 9.22. The number of piperazine rings is 1. The zero-order valence-corrected chi connectivity index (χ0v) is 12.2. The molecule has 1 aromatic carbocycles. The highest BCUT2D eigenvalue weighted by Crippen LogP contribution is 2.32. The minimum absolute atomic E-state index is 0.627. The number of nitrogens with one attached hydrogen (secondary N) is 1. The molecule has 1 fully saturated rings. The second-order valence-corrected chi connectivity index (χ2v) is 6.48. The van der Waals surface area contributed by atoms with Gasteiger partial charge >= 0.3 is 0 Å². The SMILES string of the molecule is CC1CN(CC2CCCc3ccccc32)CC(C)N1. The van der Waals surface area contributed by atoms with Crippen LogP contribution in [0.2, 0.25) is 0 Å². The fourth-order valence-corrected chi connectivity index (χ4v) is 3.95. The Morgan fingerprint density at radius 1 is 1.16 bits per heavy atom. The average molecular weight is 258 g/mol. The first kappa shape index (κ1) is 13.1. The molecule has 0 aromatic heterocycles. The van der Waals surface area contributed by atoms with Crippen molar-refractivity contribution < 1.29 is 0 Å². The Morgan fingerprint density at radius 3 is 2.68 bits per heavy atom. The van der Waals surface area contributed by atoms with Crippen molar-refractivity contribution in [2.24, 2.45) is 0 Å². The van der Waals surface area contributed by atoms with Gasteiger partial charge in [0.25, 0.3) is 0 Å². The first-order valence-corrected chi connectivity index (χ1v) is 7.78. The van der Waals surface area contributed by atoms with Crippen LogP contribution in [0.1, 0.15) is 43.7 Å². The maximum atomic E-state index is 3.62. The lowest BCUT2D eigenvalue weighted by molar-refractivity contribution is 0.161. The largest absolute Gasteiger partial charge is 0.309 e. The smallest absolute Gasteiger partial charge is 0.0169 e. The monoisotopic (exact) mass is 258 g/mol. The summed E-state index contributed by atoms with van der Waals surface area (Å²) in [5.74, 6) is 0.752. The third kappa shape index (κ3) is 3.01. The molecule has 2 heteroatoms. The maximum Gasteiger partial charge on any atom is 0.0169 e. The van der Waals surface area contributed by atoms with Crippen LogP contribution in [0.3, 0.4) is 0 Å². The van der Waals surface area contributed by atoms with Crippen molar-refractivity contribution in [1.29, 1.82) is 0 Å². The zero-order valence-electron chi connectivity index (χ0n) is 12.2. The molecule has 104 valence electrons. The van der Waals surface area contributed by atoms with Crippen molar-refractivity contribution in [1.82, 2.24) is 10.2 Å². The van der Waals surface area contributed by atoms with E-state index in [0.29, 0.717) is 12.1 Å². The summed E-state index contributed by atoms with van der Waals surface area (Å²) >= 11 is 0. The van der Waals surface area contributed by atoms with E-state index in [1.807, 2.05) is 0 Å². The molecule has 1 saturated heterocycles. The van der Waals surface area contributed by atoms with Crippen LogP contribution >= 0.6 is 0 Å². The predicted octanol–water partition coefficient (Wildman–Crippen LogP) is 2.79. The van der Waals surface area contributed by atoms with Gasteiger partial charge in [0, 0.05) is 31.7 Å². The number of hydrogen-bond acceptors (Lipinski definition) is 2. The van der Waals surface area contributed by atoms with Crippen molar-refractivity contribution in [2.75, 3.05) is 19.6 Å². The second kappa shape index (κ2) is 5.64. The summed E-state index contributed by atoms with van der Waals surface area (Å²) in [7, 11) is 0. The van der Waals surface area contributed by atoms with Crippen molar-refractivity contribution in [2.45, 2.75) is 51.1 Å². The van der Waals surface area contributed by atoms with Crippen LogP contribution in [-0.4, -0.2) is 36.6 Å². The van der Waals surface area contributed by atoms with Crippen LogP contribution in [0.4, 0.5) is 0 Å². The van der Waals surface area contributed by atoms with E-state index in [2.05, 4.69) is 48.3 Å². The number of rotatable bonds is 2. The summed E-state index contributed by atoms with van der Waals surface area (Å²) in [5.41, 5.74) is 3.21. The third-order valence-electron chi connectivity index (χ3n) is 4.61. The highest BCUT2D eigenvalue weighted by molar-refractivity contribution is 5.32. The van der Waals surface area contributed by atoms with Gasteiger partial charge in [-0.05, 0) is 50.2 Å². The molecule has 3 rings (SSSR count). The Bertz CT molecular complexity index is 419. The molecule has 3 unspecified atom stereocenters. The predicted molar refractivity (Wildman–Crippen MR) is 80.6 cm³/mol. The van der Waals surface area contributed by atoms with Gasteiger partial charge in [0.2, 0.25) is 0 Å². The molecule has 3 atom stereocenters. The van der Waals surface area contributed by atoms with Crippen LogP contribution in [0.25, 0.3) is 0 Å². The van der Waals surface area contributed by atoms with E-state index < -0.39 is 0 Å². The van der Waals surface area contributed by atoms with Crippen molar-refractivity contribution in [3.05, 3.63) is 35.4 Å². The highest BCUT2D eigenvalue weighted by Gasteiger charge is 2.26. The fourth-order valence-electron chi connectivity index (χ4n) is 3.95. The molecule has 0 bridgehead atoms. The van der Waals surface area contributed by atoms with E-state index >= 15 is 0 Å². The maximum absolute atomic E-state index is 3.62. The molecule has 0 saturated carbocycles. The van der Waals surface area contributed by atoms with Gasteiger partial charge in [-0.1, -0.05) is 24.3 Å². The Labute approximate surface area is 117 Å². The van der Waals surface area contributed by atoms with E-state index in [1.165, 1.54) is 38.9 Å². The molecule has 1 aliphatic heterocycles. The minimum atomic E-state index is 0.627. The Balaban J connectivity index is 1.70. The summed E-state index contributed by atoms with van der Waals surface area (Å²) in [6.45, 7) is 8.24. The zero-order chi connectivity index (χ0) is 13.2. The van der Waals surface area contributed by atoms with E-state index in [4.69, 9.17) is 0 Å². The fraction of sp³-hybridized carbons (Fsp3) is 0.647. The van der Waals surface area contributed by atoms with Crippen LogP contribution < -0.4 is 5.32 Å². The van der Waals surface area contributed by atoms with E-state index in [0.717, 1.165) is 5.92 Å². The van der Waals surface area contributed by atoms with Gasteiger partial charge in [0.15, 0.2) is 0 Å². The van der Waals surface area contributed by atoms with Crippen LogP contribution in [-0.2, 0) is 6.42 Å². The number of benzene rings is 1. The lowest BCUT2D eigenvalue weighted by Gasteiger charge is -2.39. The van der Waals surface area contributed by atoms with Gasteiger partial charge in [-0.3, -0.25) is 4.90 Å². The molecule has 0 amide bonds. The van der Waals surface area contributed by atoms with Crippen molar-refractivity contribution in [3.8, 4) is 0 Å². The summed E-state index contributed by atoms with van der Waals surface area (Å²) in [6.07, 6.45) is 4.00. The van der Waals surface area contributed by atoms with Crippen LogP contribution in [0, 0.1) is 0 Å². The van der Waals surface area contributed by atoms with Crippen LogP contribution in [0.5, 0.6) is 0 Å². The lowest BCUT2D eigenvalue weighted by atomic mass is 9.82. The van der Waals surface area contributed by atoms with Gasteiger partial charge < -0.3 is 5.32 Å². The molecule has 1 N–H and O–H groups in total. The number of nitrogens with zero attached hydrogens (tertiary/aromatic N) is 1. The Morgan fingerprint density at radius 2 is 1.89 bits per heavy atom. The van der Waals surface area contributed by atoms with E-state index in [-0.39, 0.29) is 0 Å².